The Hall–Kier alpha value is -4.89. The molecule has 3 heteroatoms. The van der Waals surface area contributed by atoms with E-state index in [0.29, 0.717) is 13.0 Å². The Morgan fingerprint density at radius 1 is 0.590 bits per heavy atom. The Balaban J connectivity index is 1.38. The fraction of sp³-hybridized carbons (Fsp3) is 0.0833. The van der Waals surface area contributed by atoms with Crippen molar-refractivity contribution in [1.82, 2.24) is 0 Å². The lowest BCUT2D eigenvalue weighted by molar-refractivity contribution is -0.136. The summed E-state index contributed by atoms with van der Waals surface area (Å²) in [6, 6.07) is 45.7. The summed E-state index contributed by atoms with van der Waals surface area (Å²) in [6.07, 6.45) is 2.75. The molecule has 0 radical (unpaired) electrons. The van der Waals surface area contributed by atoms with Crippen molar-refractivity contribution in [3.8, 4) is 28.0 Å². The summed E-state index contributed by atoms with van der Waals surface area (Å²) in [6.45, 7) is 0.407. The summed E-state index contributed by atoms with van der Waals surface area (Å²) in [5.74, 6) is -0.0369. The number of benzene rings is 5. The molecule has 1 N–H and O–H groups in total. The highest BCUT2D eigenvalue weighted by Gasteiger charge is 2.08. The molecule has 39 heavy (non-hydrogen) atoms. The van der Waals surface area contributed by atoms with Crippen molar-refractivity contribution in [2.75, 3.05) is 6.61 Å². The maximum Gasteiger partial charge on any atom is 0.303 e. The fourth-order valence-corrected chi connectivity index (χ4v) is 4.57. The Kier molecular flexibility index (Phi) is 8.30. The van der Waals surface area contributed by atoms with Crippen LogP contribution in [0.5, 0.6) is 5.75 Å². The Morgan fingerprint density at radius 2 is 1.05 bits per heavy atom. The van der Waals surface area contributed by atoms with Gasteiger partial charge in [0.05, 0.1) is 0 Å². The van der Waals surface area contributed by atoms with Crippen molar-refractivity contribution in [2.45, 2.75) is 12.8 Å². The number of hydrogen-bond acceptors (Lipinski definition) is 2. The molecule has 5 aromatic rings. The van der Waals surface area contributed by atoms with Crippen LogP contribution in [0.3, 0.4) is 0 Å². The first-order valence-electron chi connectivity index (χ1n) is 13.1. The molecule has 0 saturated heterocycles. The molecule has 0 amide bonds. The molecule has 0 heterocycles. The van der Waals surface area contributed by atoms with E-state index in [2.05, 4.69) is 103 Å². The van der Waals surface area contributed by atoms with Crippen LogP contribution < -0.4 is 4.74 Å². The summed E-state index contributed by atoms with van der Waals surface area (Å²) in [7, 11) is 0. The van der Waals surface area contributed by atoms with Crippen LogP contribution in [0.15, 0.2) is 140 Å². The monoisotopic (exact) mass is 510 g/mol. The van der Waals surface area contributed by atoms with E-state index < -0.39 is 5.97 Å². The minimum atomic E-state index is -0.790. The smallest absolute Gasteiger partial charge is 0.303 e. The van der Waals surface area contributed by atoms with E-state index in [1.165, 1.54) is 22.3 Å². The number of aliphatic carboxylic acids is 1. The van der Waals surface area contributed by atoms with Crippen molar-refractivity contribution in [3.05, 3.63) is 156 Å². The van der Waals surface area contributed by atoms with Gasteiger partial charge in [-0.3, -0.25) is 4.79 Å². The molecule has 0 unspecified atom stereocenters. The minimum absolute atomic E-state index is 0.123. The molecule has 0 atom stereocenters. The van der Waals surface area contributed by atoms with Crippen LogP contribution in [0, 0.1) is 0 Å². The van der Waals surface area contributed by atoms with Crippen LogP contribution >= 0.6 is 0 Å². The summed E-state index contributed by atoms with van der Waals surface area (Å²) in [4.78, 5) is 10.8. The van der Waals surface area contributed by atoms with Crippen LogP contribution in [0.1, 0.15) is 23.1 Å². The van der Waals surface area contributed by atoms with Crippen LogP contribution in [-0.2, 0) is 11.2 Å². The molecule has 5 aromatic carbocycles. The van der Waals surface area contributed by atoms with Crippen LogP contribution in [0.2, 0.25) is 0 Å². The zero-order chi connectivity index (χ0) is 26.9. The van der Waals surface area contributed by atoms with Gasteiger partial charge in [-0.05, 0) is 69.1 Å². The Bertz CT molecular complexity index is 1430. The first-order chi connectivity index (χ1) is 19.2. The SMILES string of the molecule is O=C(O)CCc1ccc(OCC=C(c2ccc(-c3ccccc3)cc2)c2ccc(-c3ccccc3)cc2)cc1. The second-order valence-electron chi connectivity index (χ2n) is 9.35. The van der Waals surface area contributed by atoms with Crippen LogP contribution in [0.4, 0.5) is 0 Å². The molecule has 0 bridgehead atoms. The highest BCUT2D eigenvalue weighted by molar-refractivity contribution is 5.82. The van der Waals surface area contributed by atoms with E-state index in [1.54, 1.807) is 0 Å². The summed E-state index contributed by atoms with van der Waals surface area (Å²) in [5, 5.41) is 8.90. The van der Waals surface area contributed by atoms with Gasteiger partial charge in [0.25, 0.3) is 0 Å². The molecule has 192 valence electrons. The average molecular weight is 511 g/mol. The minimum Gasteiger partial charge on any atom is -0.490 e. The summed E-state index contributed by atoms with van der Waals surface area (Å²) < 4.78 is 6.05. The number of hydrogen-bond donors (Lipinski definition) is 1. The zero-order valence-corrected chi connectivity index (χ0v) is 21.7. The van der Waals surface area contributed by atoms with Crippen molar-refractivity contribution in [3.63, 3.8) is 0 Å². The van der Waals surface area contributed by atoms with Gasteiger partial charge < -0.3 is 9.84 Å². The normalized spacial score (nSPS) is 10.6. The topological polar surface area (TPSA) is 46.5 Å². The number of ether oxygens (including phenoxy) is 1. The predicted octanol–water partition coefficient (Wildman–Crippen LogP) is 8.55. The van der Waals surface area contributed by atoms with Crippen LogP contribution in [-0.4, -0.2) is 17.7 Å². The molecule has 0 aliphatic carbocycles. The molecule has 0 fully saturated rings. The molecule has 0 aliphatic rings. The predicted molar refractivity (Wildman–Crippen MR) is 159 cm³/mol. The van der Waals surface area contributed by atoms with Gasteiger partial charge in [-0.2, -0.15) is 0 Å². The average Bonchev–Trinajstić information content (AvgIpc) is 3.00. The number of carbonyl (C=O) groups is 1. The van der Waals surface area contributed by atoms with E-state index in [0.717, 1.165) is 28.0 Å². The maximum absolute atomic E-state index is 10.8. The van der Waals surface area contributed by atoms with Gasteiger partial charge in [0.15, 0.2) is 0 Å². The molecule has 0 aromatic heterocycles. The molecule has 0 saturated carbocycles. The molecular formula is C36H30O3. The van der Waals surface area contributed by atoms with E-state index in [1.807, 2.05) is 36.4 Å². The number of carboxylic acids is 1. The lowest BCUT2D eigenvalue weighted by Crippen LogP contribution is -1.99. The molecule has 3 nitrogen and oxygen atoms in total. The highest BCUT2D eigenvalue weighted by atomic mass is 16.5. The van der Waals surface area contributed by atoms with Crippen molar-refractivity contribution in [2.24, 2.45) is 0 Å². The number of rotatable bonds is 10. The lowest BCUT2D eigenvalue weighted by Gasteiger charge is -2.12. The zero-order valence-electron chi connectivity index (χ0n) is 21.7. The Labute approximate surface area is 229 Å². The third kappa shape index (κ3) is 6.91. The van der Waals surface area contributed by atoms with E-state index >= 15 is 0 Å². The van der Waals surface area contributed by atoms with Gasteiger partial charge in [-0.15, -0.1) is 0 Å². The van der Waals surface area contributed by atoms with E-state index in [4.69, 9.17) is 9.84 Å². The second kappa shape index (κ2) is 12.6. The highest BCUT2D eigenvalue weighted by Crippen LogP contribution is 2.29. The number of aryl methyl sites for hydroxylation is 1. The van der Waals surface area contributed by atoms with E-state index in [9.17, 15) is 4.79 Å². The maximum atomic E-state index is 10.8. The lowest BCUT2D eigenvalue weighted by atomic mass is 9.94. The Morgan fingerprint density at radius 3 is 1.51 bits per heavy atom. The van der Waals surface area contributed by atoms with Gasteiger partial charge in [0, 0.05) is 6.42 Å². The van der Waals surface area contributed by atoms with Gasteiger partial charge in [-0.25, -0.2) is 0 Å². The fourth-order valence-electron chi connectivity index (χ4n) is 4.57. The standard InChI is InChI=1S/C36H30O3/c37-36(38)24-13-27-11-22-34(23-12-27)39-26-25-35(32-18-14-30(15-19-32)28-7-3-1-4-8-28)33-20-16-31(17-21-33)29-9-5-2-6-10-29/h1-12,14-23,25H,13,24,26H2,(H,37,38). The summed E-state index contributed by atoms with van der Waals surface area (Å²) in [5.41, 5.74) is 9.07. The molecular weight excluding hydrogens is 480 g/mol. The van der Waals surface area contributed by atoms with Crippen molar-refractivity contribution < 1.29 is 14.6 Å². The van der Waals surface area contributed by atoms with Gasteiger partial charge in [0.2, 0.25) is 0 Å². The first kappa shape index (κ1) is 25.7. The quantitative estimate of drug-likeness (QED) is 0.205. The van der Waals surface area contributed by atoms with Crippen LogP contribution in [0.25, 0.3) is 27.8 Å². The van der Waals surface area contributed by atoms with Crippen molar-refractivity contribution >= 4 is 11.5 Å². The molecule has 5 rings (SSSR count). The number of carboxylic acid groups (broad SMARTS) is 1. The third-order valence-electron chi connectivity index (χ3n) is 6.69. The molecule has 0 spiro atoms. The molecule has 0 aliphatic heterocycles. The van der Waals surface area contributed by atoms with Crippen molar-refractivity contribution in [1.29, 1.82) is 0 Å². The summed E-state index contributed by atoms with van der Waals surface area (Å²) >= 11 is 0. The van der Waals surface area contributed by atoms with Gasteiger partial charge in [0.1, 0.15) is 12.4 Å². The largest absolute Gasteiger partial charge is 0.490 e. The van der Waals surface area contributed by atoms with Gasteiger partial charge in [-0.1, -0.05) is 121 Å². The third-order valence-corrected chi connectivity index (χ3v) is 6.69. The second-order valence-corrected chi connectivity index (χ2v) is 9.35. The van der Waals surface area contributed by atoms with E-state index in [-0.39, 0.29) is 6.42 Å². The van der Waals surface area contributed by atoms with Gasteiger partial charge >= 0.3 is 5.97 Å². The first-order valence-corrected chi connectivity index (χ1v) is 13.1.